The average Bonchev–Trinajstić information content (AvgIpc) is 2.04. The van der Waals surface area contributed by atoms with Gasteiger partial charge in [0.15, 0.2) is 5.76 Å². The largest absolute Gasteiger partial charge is 0.504 e. The first kappa shape index (κ1) is 13.1. The third-order valence-corrected chi connectivity index (χ3v) is 2.60. The van der Waals surface area contributed by atoms with E-state index in [0.717, 1.165) is 11.4 Å². The number of nitrogens with one attached hydrogen (secondary N) is 1. The molecule has 1 atom stereocenters. The highest BCUT2D eigenvalue weighted by Gasteiger charge is 2.33. The Morgan fingerprint density at radius 3 is 1.94 bits per heavy atom. The lowest BCUT2D eigenvalue weighted by Gasteiger charge is -2.34. The first-order valence-corrected chi connectivity index (χ1v) is 5.82. The Bertz CT molecular complexity index is 340. The topological polar surface area (TPSA) is 44.6 Å². The molecular weight excluding hydrogens is 200 g/mol. The van der Waals surface area contributed by atoms with Crippen molar-refractivity contribution in [1.82, 2.24) is 5.32 Å². The Morgan fingerprint density at radius 2 is 1.56 bits per heavy atom. The molecule has 0 aromatic rings. The predicted molar refractivity (Wildman–Crippen MR) is 68.6 cm³/mol. The van der Waals surface area contributed by atoms with Crippen LogP contribution in [0.5, 0.6) is 0 Å². The van der Waals surface area contributed by atoms with E-state index in [1.165, 1.54) is 0 Å². The summed E-state index contributed by atoms with van der Waals surface area (Å²) < 4.78 is 0. The lowest BCUT2D eigenvalue weighted by molar-refractivity contribution is 0.347. The van der Waals surface area contributed by atoms with E-state index in [0.29, 0.717) is 5.76 Å². The second-order valence-electron chi connectivity index (χ2n) is 6.52. The molecule has 3 nitrogen and oxygen atoms in total. The summed E-state index contributed by atoms with van der Waals surface area (Å²) in [6.45, 7) is 14.5. The summed E-state index contributed by atoms with van der Waals surface area (Å²) in [4.78, 5) is 4.50. The van der Waals surface area contributed by atoms with E-state index in [4.69, 9.17) is 0 Å². The molecule has 0 unspecified atom stereocenters. The third-order valence-electron chi connectivity index (χ3n) is 2.60. The standard InChI is InChI=1S/C13H24N2O/c1-8-14-10(12(2,3)4)9(16)11(15-8)13(5,6)7/h8,14,16H,1-7H3/t8-/m0/s1. The van der Waals surface area contributed by atoms with Gasteiger partial charge in [0.25, 0.3) is 0 Å². The number of allylic oxidation sites excluding steroid dienone is 2. The fourth-order valence-electron chi connectivity index (χ4n) is 1.80. The summed E-state index contributed by atoms with van der Waals surface area (Å²) >= 11 is 0. The van der Waals surface area contributed by atoms with Gasteiger partial charge < -0.3 is 10.4 Å². The van der Waals surface area contributed by atoms with Crippen LogP contribution in [0.1, 0.15) is 48.5 Å². The molecule has 0 aromatic carbocycles. The number of aliphatic hydroxyl groups is 1. The third kappa shape index (κ3) is 2.57. The van der Waals surface area contributed by atoms with Crippen LogP contribution < -0.4 is 5.32 Å². The molecule has 0 saturated heterocycles. The zero-order valence-corrected chi connectivity index (χ0v) is 11.5. The zero-order chi connectivity index (χ0) is 12.7. The van der Waals surface area contributed by atoms with E-state index >= 15 is 0 Å². The van der Waals surface area contributed by atoms with Crippen molar-refractivity contribution in [2.75, 3.05) is 0 Å². The van der Waals surface area contributed by atoms with Crippen molar-refractivity contribution >= 4 is 5.71 Å². The van der Waals surface area contributed by atoms with E-state index in [1.54, 1.807) is 0 Å². The van der Waals surface area contributed by atoms with Crippen LogP contribution in [0.25, 0.3) is 0 Å². The molecule has 0 spiro atoms. The molecule has 92 valence electrons. The number of hydrogen-bond donors (Lipinski definition) is 2. The molecule has 1 rings (SSSR count). The highest BCUT2D eigenvalue weighted by atomic mass is 16.3. The van der Waals surface area contributed by atoms with Crippen molar-refractivity contribution < 1.29 is 5.11 Å². The van der Waals surface area contributed by atoms with Crippen LogP contribution >= 0.6 is 0 Å². The predicted octanol–water partition coefficient (Wildman–Crippen LogP) is 3.24. The van der Waals surface area contributed by atoms with Crippen LogP contribution in [0.2, 0.25) is 0 Å². The molecule has 2 N–H and O–H groups in total. The molecule has 0 fully saturated rings. The maximum atomic E-state index is 10.3. The minimum atomic E-state index is -0.128. The molecule has 0 aliphatic carbocycles. The SMILES string of the molecule is C[C@@H]1N=C(C(C)(C)C)C(O)=C(C(C)(C)C)N1. The van der Waals surface area contributed by atoms with E-state index < -0.39 is 0 Å². The Labute approximate surface area is 98.7 Å². The summed E-state index contributed by atoms with van der Waals surface area (Å²) in [6, 6.07) is 0. The van der Waals surface area contributed by atoms with Gasteiger partial charge in [-0.15, -0.1) is 0 Å². The molecule has 1 heterocycles. The van der Waals surface area contributed by atoms with E-state index in [-0.39, 0.29) is 17.0 Å². The van der Waals surface area contributed by atoms with Gasteiger partial charge in [-0.1, -0.05) is 41.5 Å². The molecule has 1 aliphatic rings. The van der Waals surface area contributed by atoms with Crippen LogP contribution in [-0.2, 0) is 0 Å². The first-order valence-electron chi connectivity index (χ1n) is 5.82. The Morgan fingerprint density at radius 1 is 1.06 bits per heavy atom. The monoisotopic (exact) mass is 224 g/mol. The van der Waals surface area contributed by atoms with Gasteiger partial charge in [0.1, 0.15) is 6.17 Å². The normalized spacial score (nSPS) is 22.9. The minimum Gasteiger partial charge on any atom is -0.504 e. The fourth-order valence-corrected chi connectivity index (χ4v) is 1.80. The Hall–Kier alpha value is -0.990. The first-order chi connectivity index (χ1) is 7.03. The Balaban J connectivity index is 3.26. The maximum Gasteiger partial charge on any atom is 0.156 e. The summed E-state index contributed by atoms with van der Waals surface area (Å²) in [5.41, 5.74) is 1.46. The van der Waals surface area contributed by atoms with Crippen LogP contribution in [-0.4, -0.2) is 17.0 Å². The van der Waals surface area contributed by atoms with Crippen LogP contribution in [0.3, 0.4) is 0 Å². The minimum absolute atomic E-state index is 0.0272. The van der Waals surface area contributed by atoms with Crippen molar-refractivity contribution in [3.63, 3.8) is 0 Å². The van der Waals surface area contributed by atoms with Gasteiger partial charge in [0.2, 0.25) is 0 Å². The van der Waals surface area contributed by atoms with Crippen molar-refractivity contribution in [1.29, 1.82) is 0 Å². The molecule has 0 bridgehead atoms. The van der Waals surface area contributed by atoms with E-state index in [2.05, 4.69) is 51.9 Å². The molecule has 0 radical (unpaired) electrons. The summed E-state index contributed by atoms with van der Waals surface area (Å²) in [5.74, 6) is 0.318. The van der Waals surface area contributed by atoms with Gasteiger partial charge in [0, 0.05) is 10.8 Å². The van der Waals surface area contributed by atoms with Gasteiger partial charge in [-0.3, -0.25) is 4.99 Å². The quantitative estimate of drug-likeness (QED) is 0.663. The van der Waals surface area contributed by atoms with Crippen molar-refractivity contribution in [3.05, 3.63) is 11.5 Å². The van der Waals surface area contributed by atoms with E-state index in [9.17, 15) is 5.11 Å². The Kier molecular flexibility index (Phi) is 3.10. The highest BCUT2D eigenvalue weighted by molar-refractivity contribution is 6.03. The van der Waals surface area contributed by atoms with Crippen molar-refractivity contribution in [3.8, 4) is 0 Å². The lowest BCUT2D eigenvalue weighted by Crippen LogP contribution is -2.41. The number of nitrogens with zero attached hydrogens (tertiary/aromatic N) is 1. The van der Waals surface area contributed by atoms with Crippen LogP contribution in [0, 0.1) is 10.8 Å². The van der Waals surface area contributed by atoms with Gasteiger partial charge >= 0.3 is 0 Å². The van der Waals surface area contributed by atoms with Gasteiger partial charge in [-0.25, -0.2) is 0 Å². The molecule has 0 aromatic heterocycles. The van der Waals surface area contributed by atoms with Gasteiger partial charge in [0.05, 0.1) is 11.4 Å². The number of rotatable bonds is 0. The highest BCUT2D eigenvalue weighted by Crippen LogP contribution is 2.32. The smallest absolute Gasteiger partial charge is 0.156 e. The molecular formula is C13H24N2O. The average molecular weight is 224 g/mol. The van der Waals surface area contributed by atoms with Crippen molar-refractivity contribution in [2.24, 2.45) is 15.8 Å². The second-order valence-corrected chi connectivity index (χ2v) is 6.52. The molecule has 0 saturated carbocycles. The van der Waals surface area contributed by atoms with Crippen LogP contribution in [0.4, 0.5) is 0 Å². The molecule has 1 aliphatic heterocycles. The zero-order valence-electron chi connectivity index (χ0n) is 11.5. The van der Waals surface area contributed by atoms with Crippen LogP contribution in [0.15, 0.2) is 16.4 Å². The van der Waals surface area contributed by atoms with Gasteiger partial charge in [-0.05, 0) is 6.92 Å². The lowest BCUT2D eigenvalue weighted by atomic mass is 9.82. The maximum absolute atomic E-state index is 10.3. The second kappa shape index (κ2) is 3.79. The summed E-state index contributed by atoms with van der Waals surface area (Å²) in [7, 11) is 0. The van der Waals surface area contributed by atoms with Crippen molar-refractivity contribution in [2.45, 2.75) is 54.6 Å². The van der Waals surface area contributed by atoms with Gasteiger partial charge in [-0.2, -0.15) is 0 Å². The molecule has 3 heteroatoms. The number of aliphatic hydroxyl groups excluding tert-OH is 1. The summed E-state index contributed by atoms with van der Waals surface area (Å²) in [6.07, 6.45) is 0.0272. The fraction of sp³-hybridized carbons (Fsp3) is 0.769. The number of aliphatic imine (C=N–C) groups is 1. The molecule has 16 heavy (non-hydrogen) atoms. The molecule has 0 amide bonds. The van der Waals surface area contributed by atoms with E-state index in [1.807, 2.05) is 6.92 Å². The number of hydrogen-bond acceptors (Lipinski definition) is 3. The summed E-state index contributed by atoms with van der Waals surface area (Å²) in [5, 5.41) is 13.6.